The first-order valence-corrected chi connectivity index (χ1v) is 5.02. The van der Waals surface area contributed by atoms with Gasteiger partial charge in [-0.15, -0.1) is 0 Å². The van der Waals surface area contributed by atoms with E-state index in [1.807, 2.05) is 18.2 Å². The van der Waals surface area contributed by atoms with Crippen LogP contribution in [0, 0.1) is 0 Å². The Kier molecular flexibility index (Phi) is 5.01. The molecular formula is C12H16N2O. The van der Waals surface area contributed by atoms with E-state index in [2.05, 4.69) is 29.3 Å². The van der Waals surface area contributed by atoms with E-state index in [9.17, 15) is 4.79 Å². The highest BCUT2D eigenvalue weighted by molar-refractivity contribution is 5.74. The molecule has 1 rings (SSSR count). The van der Waals surface area contributed by atoms with E-state index in [1.165, 1.54) is 11.8 Å². The maximum Gasteiger partial charge on any atom is 0.318 e. The number of urea groups is 1. The molecule has 1 aromatic carbocycles. The highest BCUT2D eigenvalue weighted by atomic mass is 16.2. The molecule has 0 spiro atoms. The second-order valence-electron chi connectivity index (χ2n) is 3.19. The molecule has 3 heteroatoms. The Hall–Kier alpha value is -1.77. The Balaban J connectivity index is 2.12. The van der Waals surface area contributed by atoms with Crippen LogP contribution >= 0.6 is 0 Å². The number of hydrogen-bond donors (Lipinski definition) is 2. The van der Waals surface area contributed by atoms with Crippen LogP contribution in [0.25, 0.3) is 0 Å². The summed E-state index contributed by atoms with van der Waals surface area (Å²) in [6.07, 6.45) is 3.29. The summed E-state index contributed by atoms with van der Waals surface area (Å²) in [5, 5.41) is 5.19. The van der Waals surface area contributed by atoms with E-state index in [0.717, 1.165) is 12.8 Å². The van der Waals surface area contributed by atoms with Crippen LogP contribution in [-0.4, -0.2) is 12.6 Å². The molecule has 0 aliphatic rings. The van der Waals surface area contributed by atoms with Crippen LogP contribution in [0.5, 0.6) is 0 Å². The number of carbonyl (C=O) groups excluding carboxylic acids is 1. The third kappa shape index (κ3) is 4.86. The molecule has 0 saturated heterocycles. The number of rotatable bonds is 5. The minimum absolute atomic E-state index is 0.196. The van der Waals surface area contributed by atoms with Gasteiger partial charge in [0.15, 0.2) is 0 Å². The van der Waals surface area contributed by atoms with Gasteiger partial charge in [-0.1, -0.05) is 36.9 Å². The molecule has 0 fully saturated rings. The van der Waals surface area contributed by atoms with Crippen molar-refractivity contribution in [2.24, 2.45) is 0 Å². The molecule has 0 heterocycles. The third-order valence-electron chi connectivity index (χ3n) is 2.00. The van der Waals surface area contributed by atoms with Crippen molar-refractivity contribution in [2.75, 3.05) is 6.54 Å². The van der Waals surface area contributed by atoms with Crippen molar-refractivity contribution in [1.82, 2.24) is 10.6 Å². The summed E-state index contributed by atoms with van der Waals surface area (Å²) in [6, 6.07) is 10.0. The zero-order valence-electron chi connectivity index (χ0n) is 8.70. The number of amides is 2. The molecule has 2 amide bonds. The molecule has 0 saturated carbocycles. The van der Waals surface area contributed by atoms with Gasteiger partial charge >= 0.3 is 6.03 Å². The normalized spacial score (nSPS) is 9.33. The molecule has 0 aliphatic carbocycles. The first-order chi connectivity index (χ1) is 7.33. The predicted octanol–water partition coefficient (Wildman–Crippen LogP) is 2.06. The molecule has 1 aromatic rings. The maximum absolute atomic E-state index is 11.0. The van der Waals surface area contributed by atoms with Gasteiger partial charge in [0.05, 0.1) is 0 Å². The van der Waals surface area contributed by atoms with Crippen LogP contribution in [0.1, 0.15) is 12.0 Å². The molecular weight excluding hydrogens is 188 g/mol. The van der Waals surface area contributed by atoms with Gasteiger partial charge < -0.3 is 10.6 Å². The van der Waals surface area contributed by atoms with Crippen LogP contribution in [-0.2, 0) is 6.42 Å². The van der Waals surface area contributed by atoms with Crippen molar-refractivity contribution in [1.29, 1.82) is 0 Å². The first kappa shape index (κ1) is 11.3. The Morgan fingerprint density at radius 2 is 2.07 bits per heavy atom. The smallest absolute Gasteiger partial charge is 0.318 e. The van der Waals surface area contributed by atoms with E-state index in [-0.39, 0.29) is 6.03 Å². The Labute approximate surface area is 90.2 Å². The molecule has 3 nitrogen and oxygen atoms in total. The standard InChI is InChI=1S/C12H16N2O/c1-2-13-12(15)14-10-6-9-11-7-4-3-5-8-11/h2-5,7-8H,1,6,9-10H2,(H2,13,14,15). The quantitative estimate of drug-likeness (QED) is 0.708. The zero-order valence-corrected chi connectivity index (χ0v) is 8.70. The molecule has 0 bridgehead atoms. The molecule has 80 valence electrons. The van der Waals surface area contributed by atoms with Gasteiger partial charge in [-0.2, -0.15) is 0 Å². The van der Waals surface area contributed by atoms with Crippen molar-refractivity contribution in [3.8, 4) is 0 Å². The largest absolute Gasteiger partial charge is 0.338 e. The lowest BCUT2D eigenvalue weighted by Crippen LogP contribution is -2.32. The second-order valence-corrected chi connectivity index (χ2v) is 3.19. The van der Waals surface area contributed by atoms with E-state index >= 15 is 0 Å². The Bertz CT molecular complexity index is 309. The number of carbonyl (C=O) groups is 1. The summed E-state index contributed by atoms with van der Waals surface area (Å²) >= 11 is 0. The fourth-order valence-corrected chi connectivity index (χ4v) is 1.28. The Morgan fingerprint density at radius 3 is 2.73 bits per heavy atom. The number of nitrogens with one attached hydrogen (secondary N) is 2. The van der Waals surface area contributed by atoms with E-state index in [0.29, 0.717) is 6.54 Å². The van der Waals surface area contributed by atoms with Gasteiger partial charge in [-0.25, -0.2) is 4.79 Å². The minimum atomic E-state index is -0.196. The zero-order chi connectivity index (χ0) is 10.9. The summed E-state index contributed by atoms with van der Waals surface area (Å²) in [7, 11) is 0. The fraction of sp³-hybridized carbons (Fsp3) is 0.250. The summed E-state index contributed by atoms with van der Waals surface area (Å²) < 4.78 is 0. The lowest BCUT2D eigenvalue weighted by atomic mass is 10.1. The molecule has 0 atom stereocenters. The lowest BCUT2D eigenvalue weighted by Gasteiger charge is -2.04. The molecule has 0 aliphatic heterocycles. The molecule has 0 unspecified atom stereocenters. The summed E-state index contributed by atoms with van der Waals surface area (Å²) in [5.74, 6) is 0. The van der Waals surface area contributed by atoms with Gasteiger partial charge in [-0.05, 0) is 24.6 Å². The van der Waals surface area contributed by atoms with Crippen LogP contribution in [0.2, 0.25) is 0 Å². The SMILES string of the molecule is C=CNC(=O)NCCCc1ccccc1. The van der Waals surface area contributed by atoms with E-state index in [1.54, 1.807) is 0 Å². The topological polar surface area (TPSA) is 41.1 Å². The van der Waals surface area contributed by atoms with Crippen molar-refractivity contribution in [2.45, 2.75) is 12.8 Å². The molecule has 0 radical (unpaired) electrons. The summed E-state index contributed by atoms with van der Waals surface area (Å²) in [5.41, 5.74) is 1.29. The Morgan fingerprint density at radius 1 is 1.33 bits per heavy atom. The van der Waals surface area contributed by atoms with E-state index < -0.39 is 0 Å². The number of aryl methyl sites for hydroxylation is 1. The van der Waals surface area contributed by atoms with Crippen LogP contribution in [0.4, 0.5) is 4.79 Å². The first-order valence-electron chi connectivity index (χ1n) is 5.02. The predicted molar refractivity (Wildman–Crippen MR) is 61.5 cm³/mol. The second kappa shape index (κ2) is 6.65. The van der Waals surface area contributed by atoms with Crippen LogP contribution in [0.15, 0.2) is 43.1 Å². The summed E-state index contributed by atoms with van der Waals surface area (Å²) in [4.78, 5) is 11.0. The van der Waals surface area contributed by atoms with Gasteiger partial charge in [0.2, 0.25) is 0 Å². The third-order valence-corrected chi connectivity index (χ3v) is 2.00. The lowest BCUT2D eigenvalue weighted by molar-refractivity contribution is 0.244. The van der Waals surface area contributed by atoms with Gasteiger partial charge in [-0.3, -0.25) is 0 Å². The monoisotopic (exact) mass is 204 g/mol. The van der Waals surface area contributed by atoms with E-state index in [4.69, 9.17) is 0 Å². The fourth-order valence-electron chi connectivity index (χ4n) is 1.28. The summed E-state index contributed by atoms with van der Waals surface area (Å²) in [6.45, 7) is 4.08. The highest BCUT2D eigenvalue weighted by Crippen LogP contribution is 2.01. The molecule has 15 heavy (non-hydrogen) atoms. The minimum Gasteiger partial charge on any atom is -0.338 e. The van der Waals surface area contributed by atoms with Gasteiger partial charge in [0.25, 0.3) is 0 Å². The number of hydrogen-bond acceptors (Lipinski definition) is 1. The van der Waals surface area contributed by atoms with Crippen molar-refractivity contribution in [3.05, 3.63) is 48.7 Å². The van der Waals surface area contributed by atoms with Crippen LogP contribution < -0.4 is 10.6 Å². The van der Waals surface area contributed by atoms with Crippen molar-refractivity contribution in [3.63, 3.8) is 0 Å². The average Bonchev–Trinajstić information content (AvgIpc) is 2.26. The van der Waals surface area contributed by atoms with Crippen LogP contribution in [0.3, 0.4) is 0 Å². The van der Waals surface area contributed by atoms with Gasteiger partial charge in [0.1, 0.15) is 0 Å². The number of benzene rings is 1. The van der Waals surface area contributed by atoms with Gasteiger partial charge in [0, 0.05) is 6.54 Å². The molecule has 2 N–H and O–H groups in total. The highest BCUT2D eigenvalue weighted by Gasteiger charge is 1.95. The maximum atomic E-state index is 11.0. The van der Waals surface area contributed by atoms with Crippen molar-refractivity contribution < 1.29 is 4.79 Å². The average molecular weight is 204 g/mol. The van der Waals surface area contributed by atoms with Crippen molar-refractivity contribution >= 4 is 6.03 Å². The molecule has 0 aromatic heterocycles.